The van der Waals surface area contributed by atoms with Crippen LogP contribution in [0.3, 0.4) is 0 Å². The highest BCUT2D eigenvalue weighted by atomic mass is 19.4. The number of alkyl halides is 3. The van der Waals surface area contributed by atoms with E-state index in [1.54, 1.807) is 0 Å². The molecule has 0 spiro atoms. The predicted octanol–water partition coefficient (Wildman–Crippen LogP) is 2.27. The molecule has 0 saturated heterocycles. The van der Waals surface area contributed by atoms with Gasteiger partial charge in [-0.1, -0.05) is 0 Å². The summed E-state index contributed by atoms with van der Waals surface area (Å²) in [5, 5.41) is 6.92. The van der Waals surface area contributed by atoms with E-state index < -0.39 is 11.7 Å². The van der Waals surface area contributed by atoms with Crippen molar-refractivity contribution in [2.45, 2.75) is 6.18 Å². The quantitative estimate of drug-likeness (QED) is 0.525. The van der Waals surface area contributed by atoms with Crippen LogP contribution in [0.15, 0.2) is 23.8 Å². The second-order valence-corrected chi connectivity index (χ2v) is 2.08. The lowest BCUT2D eigenvalue weighted by molar-refractivity contribution is -0.0881. The lowest BCUT2D eigenvalue weighted by atomic mass is 10.1. The lowest BCUT2D eigenvalue weighted by Gasteiger charge is -2.03. The van der Waals surface area contributed by atoms with Crippen LogP contribution in [0.5, 0.6) is 0 Å². The van der Waals surface area contributed by atoms with Crippen molar-refractivity contribution in [1.82, 2.24) is 0 Å². The molecule has 0 bridgehead atoms. The molecule has 0 fully saturated rings. The molecule has 0 aliphatic heterocycles. The van der Waals surface area contributed by atoms with Gasteiger partial charge in [0.2, 0.25) is 0 Å². The lowest BCUT2D eigenvalue weighted by Crippen LogP contribution is -2.13. The molecule has 0 radical (unpaired) electrons. The first kappa shape index (κ1) is 7.91. The van der Waals surface area contributed by atoms with E-state index in [1.165, 1.54) is 12.5 Å². The van der Waals surface area contributed by atoms with Crippen LogP contribution in [0.25, 0.3) is 0 Å². The zero-order chi connectivity index (χ0) is 8.48. The molecule has 0 unspecified atom stereocenters. The summed E-state index contributed by atoms with van der Waals surface area (Å²) in [5.74, 6) is 0. The molecule has 11 heavy (non-hydrogen) atoms. The number of halogens is 3. The first-order chi connectivity index (χ1) is 5.00. The van der Waals surface area contributed by atoms with Crippen molar-refractivity contribution >= 4 is 5.71 Å². The Morgan fingerprint density at radius 1 is 1.36 bits per heavy atom. The van der Waals surface area contributed by atoms with Gasteiger partial charge in [-0.15, -0.1) is 0 Å². The van der Waals surface area contributed by atoms with Crippen molar-refractivity contribution in [1.29, 1.82) is 5.41 Å². The molecule has 1 nitrogen and oxygen atoms in total. The summed E-state index contributed by atoms with van der Waals surface area (Å²) < 4.78 is 35.7. The Kier molecular flexibility index (Phi) is 1.76. The van der Waals surface area contributed by atoms with Crippen molar-refractivity contribution in [3.8, 4) is 0 Å². The monoisotopic (exact) mass is 160 g/mol. The zero-order valence-electron chi connectivity index (χ0n) is 5.44. The molecular formula is C7H5F3N+. The maximum absolute atomic E-state index is 11.9. The summed E-state index contributed by atoms with van der Waals surface area (Å²) in [6.07, 6.45) is -0.0878. The molecule has 58 valence electrons. The Balaban J connectivity index is 2.88. The third-order valence-corrected chi connectivity index (χ3v) is 1.19. The molecule has 0 atom stereocenters. The zero-order valence-corrected chi connectivity index (χ0v) is 5.44. The Hall–Kier alpha value is -1.19. The second-order valence-electron chi connectivity index (χ2n) is 2.08. The first-order valence-corrected chi connectivity index (χ1v) is 2.89. The minimum absolute atomic E-state index is 0.125. The van der Waals surface area contributed by atoms with E-state index in [0.717, 1.165) is 12.2 Å². The van der Waals surface area contributed by atoms with Gasteiger partial charge in [-0.25, -0.2) is 0 Å². The summed E-state index contributed by atoms with van der Waals surface area (Å²) in [6, 6.07) is 0. The van der Waals surface area contributed by atoms with Crippen molar-refractivity contribution in [2.24, 2.45) is 0 Å². The topological polar surface area (TPSA) is 23.9 Å². The minimum atomic E-state index is -4.34. The molecule has 0 aromatic heterocycles. The van der Waals surface area contributed by atoms with E-state index in [0.29, 0.717) is 0 Å². The Bertz CT molecular complexity index is 235. The normalized spacial score (nSPS) is 17.7. The Morgan fingerprint density at radius 3 is 2.36 bits per heavy atom. The molecule has 1 N–H and O–H groups in total. The number of hydrogen-bond acceptors (Lipinski definition) is 1. The molecule has 1 aliphatic carbocycles. The van der Waals surface area contributed by atoms with E-state index in [2.05, 4.69) is 0 Å². The molecule has 0 aromatic rings. The largest absolute Gasteiger partial charge is 0.441 e. The molecule has 1 aliphatic rings. The van der Waals surface area contributed by atoms with Gasteiger partial charge in [-0.3, -0.25) is 5.41 Å². The summed E-state index contributed by atoms with van der Waals surface area (Å²) in [5.41, 5.74) is -0.898. The number of allylic oxidation sites excluding steroid dienone is 4. The molecule has 0 heterocycles. The van der Waals surface area contributed by atoms with Crippen molar-refractivity contribution in [2.75, 3.05) is 0 Å². The number of nitrogens with one attached hydrogen (secondary N) is 1. The minimum Gasteiger partial charge on any atom is -0.275 e. The van der Waals surface area contributed by atoms with Crippen LogP contribution in [-0.2, 0) is 0 Å². The molecular weight excluding hydrogens is 155 g/mol. The fraction of sp³-hybridized carbons (Fsp3) is 0.143. The molecule has 1 rings (SSSR count). The van der Waals surface area contributed by atoms with Crippen molar-refractivity contribution < 1.29 is 13.2 Å². The van der Waals surface area contributed by atoms with Gasteiger partial charge in [0.15, 0.2) is 11.3 Å². The maximum atomic E-state index is 11.9. The Labute approximate surface area is 61.7 Å². The third-order valence-electron chi connectivity index (χ3n) is 1.19. The highest BCUT2D eigenvalue weighted by Crippen LogP contribution is 2.28. The number of hydrogen-bond donors (Lipinski definition) is 1. The first-order valence-electron chi connectivity index (χ1n) is 2.89. The van der Waals surface area contributed by atoms with Crippen LogP contribution in [-0.4, -0.2) is 11.9 Å². The van der Waals surface area contributed by atoms with E-state index in [-0.39, 0.29) is 5.71 Å². The van der Waals surface area contributed by atoms with Gasteiger partial charge in [0.25, 0.3) is 0 Å². The second kappa shape index (κ2) is 2.45. The summed E-state index contributed by atoms with van der Waals surface area (Å²) in [4.78, 5) is 0. The van der Waals surface area contributed by atoms with Crippen LogP contribution in [0.4, 0.5) is 13.2 Å². The standard InChI is InChI=1S/C7H5F3N/c8-7(9,10)5-2-1-3-6(11)4-5/h1-4,11H/q+1. The predicted molar refractivity (Wildman–Crippen MR) is 35.3 cm³/mol. The van der Waals surface area contributed by atoms with Gasteiger partial charge < -0.3 is 0 Å². The van der Waals surface area contributed by atoms with Gasteiger partial charge in [0, 0.05) is 0 Å². The van der Waals surface area contributed by atoms with E-state index in [4.69, 9.17) is 5.41 Å². The van der Waals surface area contributed by atoms with Gasteiger partial charge in [0.05, 0.1) is 24.6 Å². The van der Waals surface area contributed by atoms with E-state index in [1.807, 2.05) is 0 Å². The molecule has 4 heteroatoms. The van der Waals surface area contributed by atoms with Gasteiger partial charge >= 0.3 is 6.18 Å². The van der Waals surface area contributed by atoms with Crippen LogP contribution >= 0.6 is 0 Å². The fourth-order valence-electron chi connectivity index (χ4n) is 0.696. The fourth-order valence-corrected chi connectivity index (χ4v) is 0.696. The van der Waals surface area contributed by atoms with Crippen molar-refractivity contribution in [3.63, 3.8) is 0 Å². The molecule has 0 aromatic carbocycles. The van der Waals surface area contributed by atoms with Crippen LogP contribution in [0, 0.1) is 11.8 Å². The highest BCUT2D eigenvalue weighted by molar-refractivity contribution is 6.03. The Morgan fingerprint density at radius 2 is 2.00 bits per heavy atom. The van der Waals surface area contributed by atoms with Gasteiger partial charge in [0.1, 0.15) is 0 Å². The third kappa shape index (κ3) is 1.86. The SMILES string of the molecule is N=C1C=C(C(F)(F)F)C=C[CH+]1. The highest BCUT2D eigenvalue weighted by Gasteiger charge is 2.37. The van der Waals surface area contributed by atoms with Crippen LogP contribution in [0.2, 0.25) is 0 Å². The average Bonchev–Trinajstić information content (AvgIpc) is 1.86. The van der Waals surface area contributed by atoms with Crippen LogP contribution in [0.1, 0.15) is 0 Å². The average molecular weight is 160 g/mol. The van der Waals surface area contributed by atoms with Crippen LogP contribution < -0.4 is 0 Å². The van der Waals surface area contributed by atoms with Gasteiger partial charge in [-0.05, 0) is 0 Å². The summed E-state index contributed by atoms with van der Waals surface area (Å²) in [6.45, 7) is 0. The van der Waals surface area contributed by atoms with Crippen molar-refractivity contribution in [3.05, 3.63) is 30.2 Å². The summed E-state index contributed by atoms with van der Waals surface area (Å²) in [7, 11) is 0. The smallest absolute Gasteiger partial charge is 0.275 e. The summed E-state index contributed by atoms with van der Waals surface area (Å²) >= 11 is 0. The van der Waals surface area contributed by atoms with Gasteiger partial charge in [-0.2, -0.15) is 13.2 Å². The molecule has 0 amide bonds. The number of rotatable bonds is 0. The van der Waals surface area contributed by atoms with E-state index in [9.17, 15) is 13.2 Å². The van der Waals surface area contributed by atoms with E-state index >= 15 is 0 Å². The molecule has 0 saturated carbocycles. The maximum Gasteiger partial charge on any atom is 0.441 e.